The molecule has 0 aromatic carbocycles. The standard InChI is InChI=1S/C8H10N2O2S/c11-4-3-9-8(12)2-1-7-5-13-6-10-7/h1-2,5-6,11H,3-4H2,(H,9,12)/b2-1+. The number of thiazole rings is 1. The summed E-state index contributed by atoms with van der Waals surface area (Å²) in [5.41, 5.74) is 2.47. The number of carbonyl (C=O) groups is 1. The lowest BCUT2D eigenvalue weighted by Crippen LogP contribution is -2.24. The Hall–Kier alpha value is -1.20. The first-order valence-electron chi connectivity index (χ1n) is 3.78. The quantitative estimate of drug-likeness (QED) is 0.682. The maximum absolute atomic E-state index is 11.0. The molecule has 4 nitrogen and oxygen atoms in total. The molecule has 2 N–H and O–H groups in total. The number of aliphatic hydroxyl groups excluding tert-OH is 1. The van der Waals surface area contributed by atoms with E-state index in [0.29, 0.717) is 0 Å². The molecule has 1 aromatic rings. The first kappa shape index (κ1) is 9.88. The third kappa shape index (κ3) is 3.82. The molecule has 0 saturated carbocycles. The Morgan fingerprint density at radius 2 is 2.62 bits per heavy atom. The van der Waals surface area contributed by atoms with Crippen LogP contribution in [0.4, 0.5) is 0 Å². The predicted octanol–water partition coefficient (Wildman–Crippen LogP) is 0.265. The van der Waals surface area contributed by atoms with Gasteiger partial charge in [-0.2, -0.15) is 0 Å². The van der Waals surface area contributed by atoms with Gasteiger partial charge in [-0.15, -0.1) is 11.3 Å². The predicted molar refractivity (Wildman–Crippen MR) is 51.2 cm³/mol. The molecular weight excluding hydrogens is 188 g/mol. The van der Waals surface area contributed by atoms with E-state index >= 15 is 0 Å². The first-order chi connectivity index (χ1) is 6.33. The van der Waals surface area contributed by atoms with Gasteiger partial charge in [0.1, 0.15) is 0 Å². The average Bonchev–Trinajstić information content (AvgIpc) is 2.64. The van der Waals surface area contributed by atoms with E-state index in [-0.39, 0.29) is 19.1 Å². The lowest BCUT2D eigenvalue weighted by Gasteiger charge is -1.95. The molecule has 5 heteroatoms. The smallest absolute Gasteiger partial charge is 0.244 e. The van der Waals surface area contributed by atoms with Crippen LogP contribution in [0.2, 0.25) is 0 Å². The molecule has 0 aliphatic carbocycles. The summed E-state index contributed by atoms with van der Waals surface area (Å²) in [7, 11) is 0. The van der Waals surface area contributed by atoms with Crippen LogP contribution in [-0.4, -0.2) is 29.1 Å². The third-order valence-electron chi connectivity index (χ3n) is 1.27. The highest BCUT2D eigenvalue weighted by molar-refractivity contribution is 7.07. The first-order valence-corrected chi connectivity index (χ1v) is 4.72. The van der Waals surface area contributed by atoms with Crippen molar-refractivity contribution in [3.05, 3.63) is 22.7 Å². The Morgan fingerprint density at radius 1 is 1.77 bits per heavy atom. The molecule has 1 aromatic heterocycles. The van der Waals surface area contributed by atoms with E-state index in [1.807, 2.05) is 5.38 Å². The van der Waals surface area contributed by atoms with E-state index < -0.39 is 0 Å². The fourth-order valence-electron chi connectivity index (χ4n) is 0.703. The van der Waals surface area contributed by atoms with Crippen LogP contribution in [0.25, 0.3) is 6.08 Å². The van der Waals surface area contributed by atoms with E-state index in [1.165, 1.54) is 17.4 Å². The summed E-state index contributed by atoms with van der Waals surface area (Å²) in [5, 5.41) is 12.8. The maximum atomic E-state index is 11.0. The van der Waals surface area contributed by atoms with Crippen LogP contribution in [0.5, 0.6) is 0 Å². The van der Waals surface area contributed by atoms with Gasteiger partial charge in [0.05, 0.1) is 17.8 Å². The Kier molecular flexibility index (Phi) is 4.14. The van der Waals surface area contributed by atoms with Gasteiger partial charge in [0, 0.05) is 18.0 Å². The molecular formula is C8H10N2O2S. The van der Waals surface area contributed by atoms with Crippen molar-refractivity contribution in [1.29, 1.82) is 0 Å². The van der Waals surface area contributed by atoms with Crippen LogP contribution >= 0.6 is 11.3 Å². The highest BCUT2D eigenvalue weighted by Gasteiger charge is 1.93. The van der Waals surface area contributed by atoms with Crippen molar-refractivity contribution in [2.45, 2.75) is 0 Å². The number of nitrogens with one attached hydrogen (secondary N) is 1. The van der Waals surface area contributed by atoms with Gasteiger partial charge in [-0.05, 0) is 6.08 Å². The number of aromatic nitrogens is 1. The zero-order valence-electron chi connectivity index (χ0n) is 6.93. The Bertz CT molecular complexity index is 282. The molecule has 0 fully saturated rings. The summed E-state index contributed by atoms with van der Waals surface area (Å²) in [6, 6.07) is 0. The molecule has 0 bridgehead atoms. The van der Waals surface area contributed by atoms with Crippen molar-refractivity contribution in [1.82, 2.24) is 10.3 Å². The number of amides is 1. The van der Waals surface area contributed by atoms with Crippen molar-refractivity contribution in [3.63, 3.8) is 0 Å². The molecule has 13 heavy (non-hydrogen) atoms. The molecule has 0 radical (unpaired) electrons. The summed E-state index contributed by atoms with van der Waals surface area (Å²) >= 11 is 1.48. The molecule has 0 aliphatic rings. The fourth-order valence-corrected chi connectivity index (χ4v) is 1.23. The normalized spacial score (nSPS) is 10.5. The fraction of sp³-hybridized carbons (Fsp3) is 0.250. The average molecular weight is 198 g/mol. The van der Waals surface area contributed by atoms with Gasteiger partial charge < -0.3 is 10.4 Å². The van der Waals surface area contributed by atoms with E-state index in [4.69, 9.17) is 5.11 Å². The maximum Gasteiger partial charge on any atom is 0.244 e. The molecule has 1 rings (SSSR count). The summed E-state index contributed by atoms with van der Waals surface area (Å²) < 4.78 is 0. The molecule has 0 saturated heterocycles. The van der Waals surface area contributed by atoms with E-state index in [2.05, 4.69) is 10.3 Å². The second kappa shape index (κ2) is 5.45. The van der Waals surface area contributed by atoms with Crippen LogP contribution in [-0.2, 0) is 4.79 Å². The molecule has 0 spiro atoms. The van der Waals surface area contributed by atoms with Crippen molar-refractivity contribution in [3.8, 4) is 0 Å². The van der Waals surface area contributed by atoms with Crippen LogP contribution in [0.1, 0.15) is 5.69 Å². The van der Waals surface area contributed by atoms with Gasteiger partial charge >= 0.3 is 0 Å². The topological polar surface area (TPSA) is 62.2 Å². The SMILES string of the molecule is O=C(/C=C/c1cscn1)NCCO. The van der Waals surface area contributed by atoms with Gasteiger partial charge in [0.25, 0.3) is 0 Å². The highest BCUT2D eigenvalue weighted by Crippen LogP contribution is 2.02. The zero-order chi connectivity index (χ0) is 9.52. The second-order valence-electron chi connectivity index (χ2n) is 2.26. The van der Waals surface area contributed by atoms with Gasteiger partial charge in [-0.3, -0.25) is 4.79 Å². The summed E-state index contributed by atoms with van der Waals surface area (Å²) in [5.74, 6) is -0.220. The minimum Gasteiger partial charge on any atom is -0.395 e. The molecule has 1 amide bonds. The summed E-state index contributed by atoms with van der Waals surface area (Å²) in [6.07, 6.45) is 3.02. The Labute approximate surface area is 79.9 Å². The number of rotatable bonds is 4. The minimum absolute atomic E-state index is 0.0454. The molecule has 1 heterocycles. The number of hydrogen-bond donors (Lipinski definition) is 2. The Balaban J connectivity index is 2.35. The molecule has 70 valence electrons. The van der Waals surface area contributed by atoms with E-state index in [9.17, 15) is 4.79 Å². The van der Waals surface area contributed by atoms with Crippen LogP contribution in [0.3, 0.4) is 0 Å². The monoisotopic (exact) mass is 198 g/mol. The summed E-state index contributed by atoms with van der Waals surface area (Å²) in [4.78, 5) is 14.9. The van der Waals surface area contributed by atoms with Crippen molar-refractivity contribution >= 4 is 23.3 Å². The van der Waals surface area contributed by atoms with Gasteiger partial charge in [0.2, 0.25) is 5.91 Å². The van der Waals surface area contributed by atoms with Gasteiger partial charge in [0.15, 0.2) is 0 Å². The zero-order valence-corrected chi connectivity index (χ0v) is 7.75. The lowest BCUT2D eigenvalue weighted by atomic mass is 10.4. The molecule has 0 atom stereocenters. The van der Waals surface area contributed by atoms with E-state index in [1.54, 1.807) is 11.6 Å². The highest BCUT2D eigenvalue weighted by atomic mass is 32.1. The van der Waals surface area contributed by atoms with Crippen molar-refractivity contribution in [2.24, 2.45) is 0 Å². The number of aliphatic hydroxyl groups is 1. The summed E-state index contributed by atoms with van der Waals surface area (Å²) in [6.45, 7) is 0.233. The van der Waals surface area contributed by atoms with Crippen LogP contribution in [0, 0.1) is 0 Å². The second-order valence-corrected chi connectivity index (χ2v) is 2.98. The minimum atomic E-state index is -0.220. The third-order valence-corrected chi connectivity index (χ3v) is 1.87. The lowest BCUT2D eigenvalue weighted by molar-refractivity contribution is -0.116. The van der Waals surface area contributed by atoms with Crippen molar-refractivity contribution in [2.75, 3.05) is 13.2 Å². The number of nitrogens with zero attached hydrogens (tertiary/aromatic N) is 1. The number of hydrogen-bond acceptors (Lipinski definition) is 4. The van der Waals surface area contributed by atoms with Crippen LogP contribution < -0.4 is 5.32 Å². The van der Waals surface area contributed by atoms with Gasteiger partial charge in [-0.1, -0.05) is 0 Å². The van der Waals surface area contributed by atoms with Crippen LogP contribution in [0.15, 0.2) is 17.0 Å². The van der Waals surface area contributed by atoms with E-state index in [0.717, 1.165) is 5.69 Å². The molecule has 0 aliphatic heterocycles. The van der Waals surface area contributed by atoms with Gasteiger partial charge in [-0.25, -0.2) is 4.98 Å². The largest absolute Gasteiger partial charge is 0.395 e. The number of carbonyl (C=O) groups excluding carboxylic acids is 1. The Morgan fingerprint density at radius 3 is 3.23 bits per heavy atom. The van der Waals surface area contributed by atoms with Crippen molar-refractivity contribution < 1.29 is 9.90 Å². The molecule has 0 unspecified atom stereocenters.